The number of hydrogen-bond acceptors (Lipinski definition) is 5. The molecule has 0 aliphatic carbocycles. The predicted octanol–water partition coefficient (Wildman–Crippen LogP) is 4.67. The number of carbonyl (C=O) groups excluding carboxylic acids is 2. The van der Waals surface area contributed by atoms with Gasteiger partial charge in [0.1, 0.15) is 5.82 Å². The van der Waals surface area contributed by atoms with Gasteiger partial charge in [0, 0.05) is 30.8 Å². The normalized spacial score (nSPS) is 14.9. The first-order chi connectivity index (χ1) is 15.4. The highest BCUT2D eigenvalue weighted by Crippen LogP contribution is 2.26. The van der Waals surface area contributed by atoms with Gasteiger partial charge in [-0.3, -0.25) is 9.59 Å². The summed E-state index contributed by atoms with van der Waals surface area (Å²) in [7, 11) is 0. The van der Waals surface area contributed by atoms with E-state index in [1.165, 1.54) is 0 Å². The summed E-state index contributed by atoms with van der Waals surface area (Å²) in [4.78, 5) is 39.4. The second-order valence-corrected chi connectivity index (χ2v) is 9.69. The first-order valence-corrected chi connectivity index (χ1v) is 11.7. The summed E-state index contributed by atoms with van der Waals surface area (Å²) in [6.45, 7) is 5.24. The maximum absolute atomic E-state index is 13.0. The van der Waals surface area contributed by atoms with Crippen LogP contribution < -0.4 is 5.32 Å². The van der Waals surface area contributed by atoms with Crippen LogP contribution in [0.4, 0.5) is 5.69 Å². The number of hydrogen-bond donors (Lipinski definition) is 2. The second-order valence-electron chi connectivity index (χ2n) is 8.46. The summed E-state index contributed by atoms with van der Waals surface area (Å²) >= 11 is 1.61. The van der Waals surface area contributed by atoms with Crippen molar-refractivity contribution in [2.24, 2.45) is 5.92 Å². The molecular formula is C24H25N5O2S. The lowest BCUT2D eigenvalue weighted by atomic mass is 9.92. The topological polar surface area (TPSA) is 91.0 Å². The molecule has 1 saturated heterocycles. The highest BCUT2D eigenvalue weighted by Gasteiger charge is 2.25. The Morgan fingerprint density at radius 2 is 1.88 bits per heavy atom. The molecule has 5 rings (SSSR count). The summed E-state index contributed by atoms with van der Waals surface area (Å²) in [6, 6.07) is 11.4. The summed E-state index contributed by atoms with van der Waals surface area (Å²) in [5, 5.41) is 4.00. The molecular weight excluding hydrogens is 422 g/mol. The molecule has 2 aromatic carbocycles. The van der Waals surface area contributed by atoms with Crippen molar-refractivity contribution in [3.05, 3.63) is 52.8 Å². The molecule has 0 bridgehead atoms. The lowest BCUT2D eigenvalue weighted by Gasteiger charge is -2.31. The molecule has 0 radical (unpaired) electrons. The van der Waals surface area contributed by atoms with Crippen LogP contribution in [0.15, 0.2) is 36.4 Å². The number of rotatable bonds is 4. The zero-order valence-corrected chi connectivity index (χ0v) is 19.0. The summed E-state index contributed by atoms with van der Waals surface area (Å²) in [5.41, 5.74) is 4.23. The first-order valence-electron chi connectivity index (χ1n) is 10.9. The third-order valence-electron chi connectivity index (χ3n) is 6.00. The molecule has 2 aromatic heterocycles. The van der Waals surface area contributed by atoms with Gasteiger partial charge < -0.3 is 15.2 Å². The van der Waals surface area contributed by atoms with Gasteiger partial charge in [-0.15, -0.1) is 11.3 Å². The number of carbonyl (C=O) groups is 2. The van der Waals surface area contributed by atoms with Gasteiger partial charge in [-0.05, 0) is 69.0 Å². The summed E-state index contributed by atoms with van der Waals surface area (Å²) < 4.78 is 1.04. The Balaban J connectivity index is 1.15. The highest BCUT2D eigenvalue weighted by molar-refractivity contribution is 7.18. The van der Waals surface area contributed by atoms with E-state index in [0.717, 1.165) is 50.6 Å². The average Bonchev–Trinajstić information content (AvgIpc) is 3.33. The smallest absolute Gasteiger partial charge is 0.253 e. The van der Waals surface area contributed by atoms with E-state index >= 15 is 0 Å². The zero-order chi connectivity index (χ0) is 22.2. The summed E-state index contributed by atoms with van der Waals surface area (Å²) in [6.07, 6.45) is 2.13. The maximum Gasteiger partial charge on any atom is 0.253 e. The number of H-pyrrole nitrogens is 1. The van der Waals surface area contributed by atoms with Gasteiger partial charge >= 0.3 is 0 Å². The lowest BCUT2D eigenvalue weighted by molar-refractivity contribution is -0.117. The van der Waals surface area contributed by atoms with Crippen LogP contribution in [0.25, 0.3) is 21.3 Å². The average molecular weight is 448 g/mol. The van der Waals surface area contributed by atoms with Gasteiger partial charge in [0.25, 0.3) is 5.91 Å². The minimum absolute atomic E-state index is 0.0105. The number of nitrogens with zero attached hydrogens (tertiary/aromatic N) is 3. The zero-order valence-electron chi connectivity index (χ0n) is 18.1. The third kappa shape index (κ3) is 4.23. The number of anilines is 1. The number of likely N-dealkylation sites (tertiary alicyclic amines) is 1. The van der Waals surface area contributed by atoms with Gasteiger partial charge in [-0.1, -0.05) is 0 Å². The Labute approximate surface area is 189 Å². The van der Waals surface area contributed by atoms with Crippen LogP contribution in [0, 0.1) is 19.8 Å². The molecule has 164 valence electrons. The third-order valence-corrected chi connectivity index (χ3v) is 6.94. The maximum atomic E-state index is 13.0. The van der Waals surface area contributed by atoms with Crippen LogP contribution >= 0.6 is 11.3 Å². The number of amides is 2. The van der Waals surface area contributed by atoms with Crippen LogP contribution in [0.2, 0.25) is 0 Å². The SMILES string of the molecule is Cc1nc2ccc(NC(=O)CC3CCN(C(=O)c4ccc5nc(C)sc5c4)CC3)cc2[nH]1. The van der Waals surface area contributed by atoms with Crippen molar-refractivity contribution < 1.29 is 9.59 Å². The van der Waals surface area contributed by atoms with Crippen molar-refractivity contribution in [2.45, 2.75) is 33.1 Å². The Hall–Kier alpha value is -3.26. The number of benzene rings is 2. The number of aryl methyl sites for hydroxylation is 2. The van der Waals surface area contributed by atoms with Gasteiger partial charge in [0.15, 0.2) is 0 Å². The van der Waals surface area contributed by atoms with Crippen molar-refractivity contribution in [3.63, 3.8) is 0 Å². The van der Waals surface area contributed by atoms with Crippen molar-refractivity contribution in [2.75, 3.05) is 18.4 Å². The van der Waals surface area contributed by atoms with Crippen molar-refractivity contribution >= 4 is 50.1 Å². The number of piperidine rings is 1. The van der Waals surface area contributed by atoms with Crippen molar-refractivity contribution in [3.8, 4) is 0 Å². The van der Waals surface area contributed by atoms with E-state index < -0.39 is 0 Å². The molecule has 4 aromatic rings. The Kier molecular flexibility index (Phi) is 5.38. The van der Waals surface area contributed by atoms with Gasteiger partial charge in [-0.25, -0.2) is 9.97 Å². The Morgan fingerprint density at radius 1 is 1.09 bits per heavy atom. The van der Waals surface area contributed by atoms with E-state index in [1.54, 1.807) is 11.3 Å². The quantitative estimate of drug-likeness (QED) is 0.476. The van der Waals surface area contributed by atoms with Crippen LogP contribution in [0.1, 0.15) is 40.5 Å². The summed E-state index contributed by atoms with van der Waals surface area (Å²) in [5.74, 6) is 1.20. The number of fused-ring (bicyclic) bond motifs is 2. The minimum Gasteiger partial charge on any atom is -0.342 e. The molecule has 2 amide bonds. The fraction of sp³-hybridized carbons (Fsp3) is 0.333. The number of nitrogens with one attached hydrogen (secondary N) is 2. The fourth-order valence-corrected chi connectivity index (χ4v) is 5.25. The number of imidazole rings is 1. The van der Waals surface area contributed by atoms with E-state index in [0.29, 0.717) is 25.1 Å². The van der Waals surface area contributed by atoms with E-state index in [2.05, 4.69) is 20.3 Å². The van der Waals surface area contributed by atoms with E-state index in [4.69, 9.17) is 0 Å². The molecule has 0 atom stereocenters. The van der Waals surface area contributed by atoms with Crippen LogP contribution in [-0.2, 0) is 4.79 Å². The van der Waals surface area contributed by atoms with Crippen molar-refractivity contribution in [1.29, 1.82) is 0 Å². The largest absolute Gasteiger partial charge is 0.342 e. The van der Waals surface area contributed by atoms with Gasteiger partial charge in [-0.2, -0.15) is 0 Å². The molecule has 0 unspecified atom stereocenters. The molecule has 8 heteroatoms. The van der Waals surface area contributed by atoms with Gasteiger partial charge in [0.05, 0.1) is 26.3 Å². The molecule has 7 nitrogen and oxygen atoms in total. The molecule has 1 aliphatic rings. The molecule has 3 heterocycles. The fourth-order valence-electron chi connectivity index (χ4n) is 4.38. The van der Waals surface area contributed by atoms with E-state index in [9.17, 15) is 9.59 Å². The van der Waals surface area contributed by atoms with E-state index in [1.807, 2.05) is 55.1 Å². The Bertz CT molecular complexity index is 1320. The minimum atomic E-state index is 0.0105. The van der Waals surface area contributed by atoms with Gasteiger partial charge in [0.2, 0.25) is 5.91 Å². The van der Waals surface area contributed by atoms with E-state index in [-0.39, 0.29) is 17.7 Å². The first kappa shape index (κ1) is 20.6. The molecule has 1 fully saturated rings. The highest BCUT2D eigenvalue weighted by atomic mass is 32.1. The Morgan fingerprint density at radius 3 is 2.69 bits per heavy atom. The van der Waals surface area contributed by atoms with Crippen LogP contribution in [-0.4, -0.2) is 44.8 Å². The monoisotopic (exact) mass is 447 g/mol. The van der Waals surface area contributed by atoms with Crippen LogP contribution in [0.5, 0.6) is 0 Å². The molecule has 32 heavy (non-hydrogen) atoms. The molecule has 0 spiro atoms. The molecule has 1 aliphatic heterocycles. The number of aromatic nitrogens is 3. The predicted molar refractivity (Wildman–Crippen MR) is 127 cm³/mol. The number of aromatic amines is 1. The second kappa shape index (κ2) is 8.35. The molecule has 0 saturated carbocycles. The van der Waals surface area contributed by atoms with Crippen LogP contribution in [0.3, 0.4) is 0 Å². The lowest BCUT2D eigenvalue weighted by Crippen LogP contribution is -2.39. The van der Waals surface area contributed by atoms with Crippen molar-refractivity contribution in [1.82, 2.24) is 19.9 Å². The standard InChI is InChI=1S/C24H25N5O2S/c1-14-25-19-6-4-18(13-21(19)26-14)28-23(30)11-16-7-9-29(10-8-16)24(31)17-3-5-20-22(12-17)32-15(2)27-20/h3-6,12-13,16H,7-11H2,1-2H3,(H,25,26)(H,28,30). The number of thiazole rings is 1. The molecule has 2 N–H and O–H groups in total.